The summed E-state index contributed by atoms with van der Waals surface area (Å²) in [6.07, 6.45) is 2.58. The summed E-state index contributed by atoms with van der Waals surface area (Å²) in [5, 5.41) is 4.15. The number of halogens is 3. The summed E-state index contributed by atoms with van der Waals surface area (Å²) >= 11 is 18.5. The highest BCUT2D eigenvalue weighted by molar-refractivity contribution is 7.92. The van der Waals surface area contributed by atoms with Gasteiger partial charge in [-0.05, 0) is 61.6 Å². The minimum Gasteiger partial charge on any atom is -0.354 e. The van der Waals surface area contributed by atoms with Crippen LogP contribution in [-0.2, 0) is 26.2 Å². The predicted octanol–water partition coefficient (Wildman–Crippen LogP) is 5.84. The second kappa shape index (κ2) is 14.2. The van der Waals surface area contributed by atoms with Crippen molar-refractivity contribution in [3.8, 4) is 0 Å². The molecular formula is C26H34Cl3N3O4S. The number of nitrogens with zero attached hydrogens (tertiary/aromatic N) is 2. The van der Waals surface area contributed by atoms with Crippen molar-refractivity contribution in [3.63, 3.8) is 0 Å². The molecule has 0 heterocycles. The Balaban J connectivity index is 2.27. The van der Waals surface area contributed by atoms with E-state index in [9.17, 15) is 18.0 Å². The van der Waals surface area contributed by atoms with Gasteiger partial charge in [0.25, 0.3) is 0 Å². The number of carbonyl (C=O) groups excluding carboxylic acids is 2. The topological polar surface area (TPSA) is 86.8 Å². The van der Waals surface area contributed by atoms with Gasteiger partial charge in [-0.25, -0.2) is 8.42 Å². The third-order valence-corrected chi connectivity index (χ3v) is 7.88. The largest absolute Gasteiger partial charge is 0.354 e. The Morgan fingerprint density at radius 2 is 1.68 bits per heavy atom. The summed E-state index contributed by atoms with van der Waals surface area (Å²) in [4.78, 5) is 27.9. The average Bonchev–Trinajstić information content (AvgIpc) is 2.82. The smallest absolute Gasteiger partial charge is 0.242 e. The minimum atomic E-state index is -3.62. The van der Waals surface area contributed by atoms with Gasteiger partial charge in [-0.1, -0.05) is 60.8 Å². The van der Waals surface area contributed by atoms with E-state index in [4.69, 9.17) is 34.8 Å². The quantitative estimate of drug-likeness (QED) is 0.318. The first kappa shape index (κ1) is 31.2. The number of hydrogen-bond acceptors (Lipinski definition) is 4. The van der Waals surface area contributed by atoms with Gasteiger partial charge in [-0.15, -0.1) is 0 Å². The summed E-state index contributed by atoms with van der Waals surface area (Å²) in [6.45, 7) is 6.30. The molecule has 1 atom stereocenters. The number of anilines is 1. The van der Waals surface area contributed by atoms with Crippen LogP contribution in [0.2, 0.25) is 15.1 Å². The maximum absolute atomic E-state index is 13.5. The fourth-order valence-electron chi connectivity index (χ4n) is 3.95. The van der Waals surface area contributed by atoms with Crippen LogP contribution in [0.4, 0.5) is 5.69 Å². The Hall–Kier alpha value is -2.00. The van der Waals surface area contributed by atoms with Crippen molar-refractivity contribution in [2.24, 2.45) is 0 Å². The Morgan fingerprint density at radius 3 is 2.27 bits per heavy atom. The van der Waals surface area contributed by atoms with Crippen LogP contribution >= 0.6 is 34.8 Å². The van der Waals surface area contributed by atoms with Gasteiger partial charge in [0.2, 0.25) is 21.8 Å². The van der Waals surface area contributed by atoms with Gasteiger partial charge in [0.15, 0.2) is 0 Å². The van der Waals surface area contributed by atoms with E-state index in [2.05, 4.69) is 5.32 Å². The van der Waals surface area contributed by atoms with E-state index in [-0.39, 0.29) is 37.7 Å². The summed E-state index contributed by atoms with van der Waals surface area (Å²) in [7, 11) is -3.62. The monoisotopic (exact) mass is 589 g/mol. The van der Waals surface area contributed by atoms with Crippen molar-refractivity contribution in [1.82, 2.24) is 10.2 Å². The van der Waals surface area contributed by atoms with E-state index in [1.54, 1.807) is 43.3 Å². The highest BCUT2D eigenvalue weighted by Crippen LogP contribution is 2.27. The molecule has 1 unspecified atom stereocenters. The van der Waals surface area contributed by atoms with E-state index in [1.807, 2.05) is 13.8 Å². The van der Waals surface area contributed by atoms with Crippen molar-refractivity contribution in [2.75, 3.05) is 23.7 Å². The van der Waals surface area contributed by atoms with E-state index in [0.717, 1.165) is 18.2 Å². The molecule has 0 aliphatic heterocycles. The maximum Gasteiger partial charge on any atom is 0.242 e. The van der Waals surface area contributed by atoms with Gasteiger partial charge in [0, 0.05) is 41.1 Å². The number of amides is 2. The van der Waals surface area contributed by atoms with Crippen LogP contribution in [0.1, 0.15) is 50.7 Å². The number of carbonyl (C=O) groups is 2. The summed E-state index contributed by atoms with van der Waals surface area (Å²) in [6, 6.07) is 9.34. The Morgan fingerprint density at radius 1 is 1.03 bits per heavy atom. The lowest BCUT2D eigenvalue weighted by atomic mass is 10.1. The number of aryl methyl sites for hydroxylation is 1. The maximum atomic E-state index is 13.5. The highest BCUT2D eigenvalue weighted by atomic mass is 35.5. The van der Waals surface area contributed by atoms with Crippen LogP contribution in [0.3, 0.4) is 0 Å². The molecule has 2 amide bonds. The molecular weight excluding hydrogens is 557 g/mol. The molecule has 2 rings (SSSR count). The number of sulfonamides is 1. The zero-order valence-corrected chi connectivity index (χ0v) is 24.6. The third kappa shape index (κ3) is 9.06. The molecule has 0 spiro atoms. The predicted molar refractivity (Wildman–Crippen MR) is 152 cm³/mol. The van der Waals surface area contributed by atoms with Crippen LogP contribution in [-0.4, -0.2) is 50.5 Å². The fourth-order valence-corrected chi connectivity index (χ4v) is 5.60. The third-order valence-electron chi connectivity index (χ3n) is 5.88. The second-order valence-electron chi connectivity index (χ2n) is 8.84. The van der Waals surface area contributed by atoms with Gasteiger partial charge in [-0.3, -0.25) is 13.9 Å². The fraction of sp³-hybridized carbons (Fsp3) is 0.462. The molecule has 0 saturated carbocycles. The number of benzene rings is 2. The van der Waals surface area contributed by atoms with Crippen molar-refractivity contribution >= 4 is 62.3 Å². The number of rotatable bonds is 13. The van der Waals surface area contributed by atoms with E-state index in [1.165, 1.54) is 9.21 Å². The molecule has 0 fully saturated rings. The molecule has 1 N–H and O–H groups in total. The van der Waals surface area contributed by atoms with E-state index in [0.29, 0.717) is 39.3 Å². The zero-order chi connectivity index (χ0) is 27.8. The van der Waals surface area contributed by atoms with Crippen molar-refractivity contribution < 1.29 is 18.0 Å². The van der Waals surface area contributed by atoms with Crippen LogP contribution in [0.25, 0.3) is 0 Å². The molecule has 0 aromatic heterocycles. The lowest BCUT2D eigenvalue weighted by Gasteiger charge is -2.31. The highest BCUT2D eigenvalue weighted by Gasteiger charge is 2.29. The van der Waals surface area contributed by atoms with Crippen molar-refractivity contribution in [3.05, 3.63) is 62.6 Å². The molecule has 0 bridgehead atoms. The van der Waals surface area contributed by atoms with Crippen LogP contribution < -0.4 is 9.62 Å². The van der Waals surface area contributed by atoms with Gasteiger partial charge in [0.05, 0.1) is 11.9 Å². The Kier molecular flexibility index (Phi) is 12.0. The Bertz CT molecular complexity index is 1210. The molecule has 0 aliphatic rings. The molecule has 11 heteroatoms. The minimum absolute atomic E-state index is 0.0361. The van der Waals surface area contributed by atoms with Gasteiger partial charge in [-0.2, -0.15) is 0 Å². The number of hydrogen-bond donors (Lipinski definition) is 1. The normalized spacial score (nSPS) is 12.2. The molecule has 204 valence electrons. The first-order valence-electron chi connectivity index (χ1n) is 12.1. The van der Waals surface area contributed by atoms with Gasteiger partial charge in [0.1, 0.15) is 6.04 Å². The molecule has 7 nitrogen and oxygen atoms in total. The summed E-state index contributed by atoms with van der Waals surface area (Å²) in [5.74, 6) is -0.518. The van der Waals surface area contributed by atoms with Gasteiger partial charge >= 0.3 is 0 Å². The summed E-state index contributed by atoms with van der Waals surface area (Å²) < 4.78 is 26.4. The molecule has 2 aromatic carbocycles. The van der Waals surface area contributed by atoms with E-state index >= 15 is 0 Å². The van der Waals surface area contributed by atoms with Crippen LogP contribution in [0.15, 0.2) is 36.4 Å². The Labute approximate surface area is 235 Å². The molecule has 0 radical (unpaired) electrons. The van der Waals surface area contributed by atoms with Crippen LogP contribution in [0, 0.1) is 6.92 Å². The average molecular weight is 591 g/mol. The first-order valence-corrected chi connectivity index (χ1v) is 15.1. The lowest BCUT2D eigenvalue weighted by Crippen LogP contribution is -2.49. The summed E-state index contributed by atoms with van der Waals surface area (Å²) in [5.41, 5.74) is 1.88. The standard InChI is InChI=1S/C26H34Cl3N3O4S/c1-5-13-30-26(34)23(6-2)31(17-19-10-12-20(27)15-22(19)29)25(33)8-7-14-32(37(4,35)36)24-16-21(28)11-9-18(24)3/h9-12,15-16,23H,5-8,13-14,17H2,1-4H3,(H,30,34). The molecule has 37 heavy (non-hydrogen) atoms. The number of nitrogens with one attached hydrogen (secondary N) is 1. The second-order valence-corrected chi connectivity index (χ2v) is 12.0. The van der Waals surface area contributed by atoms with Gasteiger partial charge < -0.3 is 10.2 Å². The molecule has 2 aromatic rings. The van der Waals surface area contributed by atoms with Crippen molar-refractivity contribution in [1.29, 1.82) is 0 Å². The SMILES string of the molecule is CCCNC(=O)C(CC)N(Cc1ccc(Cl)cc1Cl)C(=O)CCCN(c1cc(Cl)ccc1C)S(C)(=O)=O. The first-order chi connectivity index (χ1) is 17.4. The van der Waals surface area contributed by atoms with Crippen molar-refractivity contribution in [2.45, 2.75) is 59.0 Å². The van der Waals surface area contributed by atoms with Crippen LogP contribution in [0.5, 0.6) is 0 Å². The molecule has 0 aliphatic carbocycles. The molecule has 0 saturated heterocycles. The lowest BCUT2D eigenvalue weighted by molar-refractivity contribution is -0.141. The van der Waals surface area contributed by atoms with E-state index < -0.39 is 16.1 Å². The zero-order valence-electron chi connectivity index (χ0n) is 21.6.